The van der Waals surface area contributed by atoms with E-state index in [1.165, 1.54) is 0 Å². The molecule has 0 radical (unpaired) electrons. The molecule has 0 saturated heterocycles. The lowest BCUT2D eigenvalue weighted by atomic mass is 10.5. The summed E-state index contributed by atoms with van der Waals surface area (Å²) in [5, 5.41) is 2.29. The van der Waals surface area contributed by atoms with Crippen molar-refractivity contribution < 1.29 is 19.1 Å². The number of carbonyl (C=O) groups excluding carboxylic acids is 2. The van der Waals surface area contributed by atoms with Gasteiger partial charge in [0.05, 0.1) is 6.54 Å². The summed E-state index contributed by atoms with van der Waals surface area (Å²) in [6, 6.07) is 0. The molecule has 0 fully saturated rings. The first-order valence-corrected chi connectivity index (χ1v) is 4.41. The molecule has 0 aromatic rings. The summed E-state index contributed by atoms with van der Waals surface area (Å²) in [5.41, 5.74) is 4.85. The van der Waals surface area contributed by atoms with Gasteiger partial charge in [0.2, 0.25) is 12.2 Å². The maximum atomic E-state index is 11.3. The van der Waals surface area contributed by atoms with Crippen LogP contribution in [-0.4, -0.2) is 37.9 Å². The van der Waals surface area contributed by atoms with Crippen LogP contribution in [-0.2, 0) is 19.1 Å². The minimum absolute atomic E-state index is 0.213. The number of ether oxygens (including phenoxy) is 2. The van der Waals surface area contributed by atoms with E-state index in [1.54, 1.807) is 13.8 Å². The first-order chi connectivity index (χ1) is 6.61. The number of carbonyl (C=O) groups is 2. The van der Waals surface area contributed by atoms with Gasteiger partial charge in [-0.15, -0.1) is 0 Å². The Labute approximate surface area is 82.7 Å². The molecule has 0 atom stereocenters. The largest absolute Gasteiger partial charge is 0.368 e. The summed E-state index contributed by atoms with van der Waals surface area (Å²) in [6.07, 6.45) is -0.968. The zero-order chi connectivity index (χ0) is 11.0. The second-order valence-corrected chi connectivity index (χ2v) is 2.43. The predicted octanol–water partition coefficient (Wildman–Crippen LogP) is -1.01. The highest BCUT2D eigenvalue weighted by Crippen LogP contribution is 1.94. The van der Waals surface area contributed by atoms with Crippen molar-refractivity contribution in [3.63, 3.8) is 0 Å². The van der Waals surface area contributed by atoms with Crippen LogP contribution in [0.15, 0.2) is 0 Å². The third-order valence-corrected chi connectivity index (χ3v) is 1.29. The van der Waals surface area contributed by atoms with Gasteiger partial charge in [0, 0.05) is 13.2 Å². The maximum absolute atomic E-state index is 11.3. The van der Waals surface area contributed by atoms with Crippen LogP contribution in [0.4, 0.5) is 0 Å². The lowest BCUT2D eigenvalue weighted by Gasteiger charge is -2.15. The van der Waals surface area contributed by atoms with Crippen molar-refractivity contribution in [3.05, 3.63) is 0 Å². The number of hydrogen-bond acceptors (Lipinski definition) is 4. The van der Waals surface area contributed by atoms with Gasteiger partial charge in [0.1, 0.15) is 0 Å². The van der Waals surface area contributed by atoms with Crippen LogP contribution >= 0.6 is 0 Å². The van der Waals surface area contributed by atoms with E-state index in [4.69, 9.17) is 15.2 Å². The van der Waals surface area contributed by atoms with E-state index in [9.17, 15) is 9.59 Å². The number of rotatable bonds is 7. The number of nitrogens with one attached hydrogen (secondary N) is 1. The lowest BCUT2D eigenvalue weighted by Crippen LogP contribution is -2.42. The van der Waals surface area contributed by atoms with Crippen molar-refractivity contribution in [1.82, 2.24) is 5.32 Å². The molecular formula is C8H16N2O4. The van der Waals surface area contributed by atoms with Crippen LogP contribution < -0.4 is 11.1 Å². The first kappa shape index (κ1) is 12.9. The molecule has 0 saturated carbocycles. The molecule has 6 nitrogen and oxygen atoms in total. The van der Waals surface area contributed by atoms with Crippen molar-refractivity contribution in [3.8, 4) is 0 Å². The fourth-order valence-electron chi connectivity index (χ4n) is 0.760. The monoisotopic (exact) mass is 204 g/mol. The summed E-state index contributed by atoms with van der Waals surface area (Å²) >= 11 is 0. The summed E-state index contributed by atoms with van der Waals surface area (Å²) in [6.45, 7) is 3.99. The van der Waals surface area contributed by atoms with Gasteiger partial charge >= 0.3 is 0 Å². The zero-order valence-corrected chi connectivity index (χ0v) is 8.41. The SMILES string of the molecule is CCOC(OCC)C(=O)NCC(N)=O. The smallest absolute Gasteiger partial charge is 0.277 e. The number of primary amides is 1. The average molecular weight is 204 g/mol. The van der Waals surface area contributed by atoms with E-state index in [1.807, 2.05) is 0 Å². The first-order valence-electron chi connectivity index (χ1n) is 4.41. The Hall–Kier alpha value is -1.14. The van der Waals surface area contributed by atoms with Crippen molar-refractivity contribution in [1.29, 1.82) is 0 Å². The quantitative estimate of drug-likeness (QED) is 0.520. The highest BCUT2D eigenvalue weighted by Gasteiger charge is 2.18. The molecule has 0 bridgehead atoms. The molecule has 14 heavy (non-hydrogen) atoms. The van der Waals surface area contributed by atoms with E-state index < -0.39 is 18.1 Å². The van der Waals surface area contributed by atoms with Crippen LogP contribution in [0.5, 0.6) is 0 Å². The molecule has 0 aromatic heterocycles. The van der Waals surface area contributed by atoms with Gasteiger partial charge < -0.3 is 20.5 Å². The Balaban J connectivity index is 3.94. The topological polar surface area (TPSA) is 90.7 Å². The fraction of sp³-hybridized carbons (Fsp3) is 0.750. The lowest BCUT2D eigenvalue weighted by molar-refractivity contribution is -0.170. The van der Waals surface area contributed by atoms with Gasteiger partial charge in [-0.05, 0) is 13.8 Å². The van der Waals surface area contributed by atoms with Crippen LogP contribution in [0.3, 0.4) is 0 Å². The summed E-state index contributed by atoms with van der Waals surface area (Å²) in [4.78, 5) is 21.6. The second kappa shape index (κ2) is 7.28. The Morgan fingerprint density at radius 1 is 1.29 bits per heavy atom. The van der Waals surface area contributed by atoms with Gasteiger partial charge in [-0.1, -0.05) is 0 Å². The molecule has 0 aromatic carbocycles. The standard InChI is InChI=1S/C8H16N2O4/c1-3-13-8(14-4-2)7(12)10-5-6(9)11/h8H,3-5H2,1-2H3,(H2,9,11)(H,10,12). The normalized spacial score (nSPS) is 10.2. The van der Waals surface area contributed by atoms with Crippen molar-refractivity contribution in [2.24, 2.45) is 5.73 Å². The van der Waals surface area contributed by atoms with E-state index in [2.05, 4.69) is 5.32 Å². The second-order valence-electron chi connectivity index (χ2n) is 2.43. The number of hydrogen-bond donors (Lipinski definition) is 2. The van der Waals surface area contributed by atoms with Gasteiger partial charge in [-0.25, -0.2) is 0 Å². The van der Waals surface area contributed by atoms with Crippen molar-refractivity contribution in [2.45, 2.75) is 20.1 Å². The Bertz CT molecular complexity index is 190. The van der Waals surface area contributed by atoms with Crippen LogP contribution in [0.2, 0.25) is 0 Å². The molecule has 3 N–H and O–H groups in total. The highest BCUT2D eigenvalue weighted by atomic mass is 16.7. The minimum atomic E-state index is -0.968. The van der Waals surface area contributed by atoms with Crippen LogP contribution in [0.25, 0.3) is 0 Å². The predicted molar refractivity (Wildman–Crippen MR) is 49.2 cm³/mol. The Kier molecular flexibility index (Phi) is 6.69. The van der Waals surface area contributed by atoms with Crippen LogP contribution in [0.1, 0.15) is 13.8 Å². The fourth-order valence-corrected chi connectivity index (χ4v) is 0.760. The van der Waals surface area contributed by atoms with Crippen LogP contribution in [0, 0.1) is 0 Å². The van der Waals surface area contributed by atoms with Gasteiger partial charge in [0.25, 0.3) is 5.91 Å². The summed E-state index contributed by atoms with van der Waals surface area (Å²) in [5.74, 6) is -1.10. The Morgan fingerprint density at radius 2 is 1.79 bits per heavy atom. The van der Waals surface area contributed by atoms with E-state index in [-0.39, 0.29) is 6.54 Å². The van der Waals surface area contributed by atoms with Gasteiger partial charge in [-0.3, -0.25) is 9.59 Å². The molecule has 2 amide bonds. The van der Waals surface area contributed by atoms with E-state index in [0.29, 0.717) is 13.2 Å². The molecule has 0 unspecified atom stereocenters. The average Bonchev–Trinajstić information content (AvgIpc) is 2.14. The molecular weight excluding hydrogens is 188 g/mol. The van der Waals surface area contributed by atoms with Gasteiger partial charge in [0.15, 0.2) is 0 Å². The van der Waals surface area contributed by atoms with Crippen molar-refractivity contribution in [2.75, 3.05) is 19.8 Å². The summed E-state index contributed by atoms with van der Waals surface area (Å²) in [7, 11) is 0. The number of amides is 2. The molecule has 0 rings (SSSR count). The molecule has 6 heteroatoms. The summed E-state index contributed by atoms with van der Waals surface area (Å²) < 4.78 is 9.98. The molecule has 0 heterocycles. The van der Waals surface area contributed by atoms with Gasteiger partial charge in [-0.2, -0.15) is 0 Å². The molecule has 0 aliphatic rings. The van der Waals surface area contributed by atoms with Crippen molar-refractivity contribution >= 4 is 11.8 Å². The molecule has 82 valence electrons. The molecule has 0 aliphatic heterocycles. The Morgan fingerprint density at radius 3 is 2.14 bits per heavy atom. The highest BCUT2D eigenvalue weighted by molar-refractivity contribution is 5.85. The third-order valence-electron chi connectivity index (χ3n) is 1.29. The van der Waals surface area contributed by atoms with E-state index in [0.717, 1.165) is 0 Å². The number of nitrogens with two attached hydrogens (primary N) is 1. The molecule has 0 aliphatic carbocycles. The minimum Gasteiger partial charge on any atom is -0.368 e. The third kappa shape index (κ3) is 5.50. The van der Waals surface area contributed by atoms with E-state index >= 15 is 0 Å². The molecule has 0 spiro atoms. The zero-order valence-electron chi connectivity index (χ0n) is 8.41. The maximum Gasteiger partial charge on any atom is 0.277 e.